The highest BCUT2D eigenvalue weighted by Gasteiger charge is 2.32. The van der Waals surface area contributed by atoms with Crippen molar-refractivity contribution in [3.8, 4) is 0 Å². The smallest absolute Gasteiger partial charge is 0.429 e. The van der Waals surface area contributed by atoms with Crippen molar-refractivity contribution < 1.29 is 33.8 Å². The van der Waals surface area contributed by atoms with E-state index in [0.29, 0.717) is 19.4 Å². The summed E-state index contributed by atoms with van der Waals surface area (Å²) in [6.07, 6.45) is -1.10. The molecule has 11 nitrogen and oxygen atoms in total. The van der Waals surface area contributed by atoms with Gasteiger partial charge in [-0.1, -0.05) is 0 Å². The Labute approximate surface area is 184 Å². The van der Waals surface area contributed by atoms with Crippen LogP contribution in [0.5, 0.6) is 0 Å². The van der Waals surface area contributed by atoms with Crippen molar-refractivity contribution in [1.82, 2.24) is 15.3 Å². The maximum absolute atomic E-state index is 12.8. The minimum absolute atomic E-state index is 0.0674. The number of carboxylic acid groups (broad SMARTS) is 1. The van der Waals surface area contributed by atoms with Gasteiger partial charge in [-0.25, -0.2) is 19.6 Å². The van der Waals surface area contributed by atoms with Crippen molar-refractivity contribution in [2.45, 2.75) is 78.4 Å². The minimum atomic E-state index is -1.06. The molecule has 180 valence electrons. The predicted molar refractivity (Wildman–Crippen MR) is 114 cm³/mol. The average Bonchev–Trinajstić information content (AvgIpc) is 2.58. The second-order valence-electron chi connectivity index (χ2n) is 8.95. The molecular formula is C20H38N4O7. The van der Waals surface area contributed by atoms with Crippen LogP contribution in [0.3, 0.4) is 0 Å². The zero-order chi connectivity index (χ0) is 24.2. The lowest BCUT2D eigenvalue weighted by atomic mass is 10.2. The van der Waals surface area contributed by atoms with Crippen LogP contribution in [0.25, 0.3) is 0 Å². The van der Waals surface area contributed by atoms with Gasteiger partial charge in [0.15, 0.2) is 0 Å². The number of carbonyl (C=O) groups is 4. The van der Waals surface area contributed by atoms with E-state index in [-0.39, 0.29) is 32.5 Å². The van der Waals surface area contributed by atoms with Gasteiger partial charge >= 0.3 is 18.2 Å². The number of nitrogens with one attached hydrogen (secondary N) is 1. The molecule has 3 amide bonds. The van der Waals surface area contributed by atoms with Crippen LogP contribution in [0.2, 0.25) is 0 Å². The van der Waals surface area contributed by atoms with E-state index in [2.05, 4.69) is 5.32 Å². The van der Waals surface area contributed by atoms with Crippen LogP contribution in [0, 0.1) is 0 Å². The van der Waals surface area contributed by atoms with Crippen molar-refractivity contribution in [1.29, 1.82) is 0 Å². The first-order valence-electron chi connectivity index (χ1n) is 10.4. The lowest BCUT2D eigenvalue weighted by Gasteiger charge is -2.36. The van der Waals surface area contributed by atoms with E-state index in [9.17, 15) is 19.2 Å². The molecule has 0 heterocycles. The van der Waals surface area contributed by atoms with Crippen molar-refractivity contribution >= 4 is 24.1 Å². The molecule has 0 fully saturated rings. The maximum Gasteiger partial charge on any atom is 0.429 e. The molecule has 0 rings (SSSR count). The molecule has 0 saturated carbocycles. The van der Waals surface area contributed by atoms with E-state index in [1.807, 2.05) is 0 Å². The molecular weight excluding hydrogens is 408 g/mol. The number of hydrogen-bond acceptors (Lipinski definition) is 7. The number of rotatable bonds is 10. The van der Waals surface area contributed by atoms with Crippen LogP contribution in [0.1, 0.15) is 67.2 Å². The quantitative estimate of drug-likeness (QED) is 0.341. The highest BCUT2D eigenvalue weighted by atomic mass is 16.6. The molecule has 0 aromatic carbocycles. The zero-order valence-electron chi connectivity index (χ0n) is 19.5. The fourth-order valence-corrected chi connectivity index (χ4v) is 2.26. The summed E-state index contributed by atoms with van der Waals surface area (Å²) in [5.41, 5.74) is 4.03. The van der Waals surface area contributed by atoms with Crippen molar-refractivity contribution in [2.24, 2.45) is 5.73 Å². The van der Waals surface area contributed by atoms with Crippen LogP contribution in [-0.4, -0.2) is 76.6 Å². The summed E-state index contributed by atoms with van der Waals surface area (Å²) in [5.74, 6) is -1.46. The van der Waals surface area contributed by atoms with Gasteiger partial charge in [0.2, 0.25) is 5.91 Å². The number of aliphatic carboxylic acids is 1. The van der Waals surface area contributed by atoms with Gasteiger partial charge in [-0.15, -0.1) is 0 Å². The summed E-state index contributed by atoms with van der Waals surface area (Å²) in [5, 5.41) is 13.5. The highest BCUT2D eigenvalue weighted by Crippen LogP contribution is 2.16. The normalized spacial score (nSPS) is 11.5. The van der Waals surface area contributed by atoms with Gasteiger partial charge in [-0.2, -0.15) is 0 Å². The molecule has 31 heavy (non-hydrogen) atoms. The molecule has 0 saturated heterocycles. The number of hydrazine groups is 1. The second-order valence-corrected chi connectivity index (χ2v) is 8.95. The van der Waals surface area contributed by atoms with Crippen molar-refractivity contribution in [3.05, 3.63) is 0 Å². The lowest BCUT2D eigenvalue weighted by molar-refractivity contribution is -0.138. The van der Waals surface area contributed by atoms with Crippen molar-refractivity contribution in [2.75, 3.05) is 26.2 Å². The number of nitrogens with zero attached hydrogens (tertiary/aromatic N) is 2. The molecule has 0 atom stereocenters. The summed E-state index contributed by atoms with van der Waals surface area (Å²) in [4.78, 5) is 47.8. The summed E-state index contributed by atoms with van der Waals surface area (Å²) in [6.45, 7) is 11.0. The molecule has 0 unspecified atom stereocenters. The number of ether oxygens (including phenoxy) is 2. The average molecular weight is 447 g/mol. The maximum atomic E-state index is 12.8. The monoisotopic (exact) mass is 446 g/mol. The second kappa shape index (κ2) is 13.0. The van der Waals surface area contributed by atoms with E-state index in [4.69, 9.17) is 20.3 Å². The van der Waals surface area contributed by atoms with Crippen LogP contribution in [-0.2, 0) is 19.1 Å². The first kappa shape index (κ1) is 28.4. The molecule has 0 radical (unpaired) electrons. The van der Waals surface area contributed by atoms with Crippen LogP contribution in [0.4, 0.5) is 9.59 Å². The van der Waals surface area contributed by atoms with Gasteiger partial charge in [0.1, 0.15) is 11.2 Å². The van der Waals surface area contributed by atoms with E-state index >= 15 is 0 Å². The zero-order valence-corrected chi connectivity index (χ0v) is 19.5. The summed E-state index contributed by atoms with van der Waals surface area (Å²) in [7, 11) is 0. The molecule has 4 N–H and O–H groups in total. The third kappa shape index (κ3) is 14.1. The standard InChI is InChI=1S/C20H38N4O7/c1-19(2,3)30-17(28)23(13-7-11-21)24(18(29)31-20(4,5)6)14-8-12-22-15(25)9-10-16(26)27/h7-14,21H2,1-6H3,(H,22,25)(H,26,27). The summed E-state index contributed by atoms with van der Waals surface area (Å²) in [6, 6.07) is 0. The van der Waals surface area contributed by atoms with Gasteiger partial charge in [0.05, 0.1) is 6.42 Å². The molecule has 0 bridgehead atoms. The third-order valence-electron chi connectivity index (χ3n) is 3.51. The van der Waals surface area contributed by atoms with Gasteiger partial charge in [-0.05, 0) is 60.9 Å². The Morgan fingerprint density at radius 3 is 1.68 bits per heavy atom. The fraction of sp³-hybridized carbons (Fsp3) is 0.800. The SMILES string of the molecule is CC(C)(C)OC(=O)N(CCCN)N(CCCNC(=O)CCC(=O)O)C(=O)OC(C)(C)C. The third-order valence-corrected chi connectivity index (χ3v) is 3.51. The Bertz CT molecular complexity index is 612. The van der Waals surface area contributed by atoms with Crippen LogP contribution < -0.4 is 11.1 Å². The minimum Gasteiger partial charge on any atom is -0.481 e. The first-order valence-corrected chi connectivity index (χ1v) is 10.4. The van der Waals surface area contributed by atoms with E-state index < -0.39 is 35.3 Å². The Morgan fingerprint density at radius 2 is 1.29 bits per heavy atom. The largest absolute Gasteiger partial charge is 0.481 e. The van der Waals surface area contributed by atoms with Gasteiger partial charge in [0.25, 0.3) is 0 Å². The molecule has 11 heteroatoms. The lowest BCUT2D eigenvalue weighted by Crippen LogP contribution is -2.53. The van der Waals surface area contributed by atoms with Gasteiger partial charge < -0.3 is 25.6 Å². The molecule has 0 aromatic rings. The van der Waals surface area contributed by atoms with Crippen LogP contribution in [0.15, 0.2) is 0 Å². The number of carboxylic acids is 1. The summed E-state index contributed by atoms with van der Waals surface area (Å²) < 4.78 is 10.9. The first-order chi connectivity index (χ1) is 14.2. The van der Waals surface area contributed by atoms with Crippen LogP contribution >= 0.6 is 0 Å². The van der Waals surface area contributed by atoms with E-state index in [1.54, 1.807) is 41.5 Å². The van der Waals surface area contributed by atoms with Gasteiger partial charge in [0, 0.05) is 26.1 Å². The number of hydrogen-bond donors (Lipinski definition) is 3. The number of amides is 3. The fourth-order valence-electron chi connectivity index (χ4n) is 2.26. The number of nitrogens with two attached hydrogens (primary N) is 1. The van der Waals surface area contributed by atoms with Gasteiger partial charge in [-0.3, -0.25) is 9.59 Å². The van der Waals surface area contributed by atoms with E-state index in [1.165, 1.54) is 5.01 Å². The Kier molecular flexibility index (Phi) is 11.9. The Morgan fingerprint density at radius 1 is 0.839 bits per heavy atom. The van der Waals surface area contributed by atoms with E-state index in [0.717, 1.165) is 5.01 Å². The number of carbonyl (C=O) groups excluding carboxylic acids is 3. The Balaban J connectivity index is 5.29. The molecule has 0 aliphatic heterocycles. The predicted octanol–water partition coefficient (Wildman–Crippen LogP) is 2.10. The molecule has 0 spiro atoms. The highest BCUT2D eigenvalue weighted by molar-refractivity contribution is 5.80. The topological polar surface area (TPSA) is 152 Å². The molecule has 0 aliphatic rings. The Hall–Kier alpha value is -2.56. The summed E-state index contributed by atoms with van der Waals surface area (Å²) >= 11 is 0. The molecule has 0 aromatic heterocycles. The van der Waals surface area contributed by atoms with Crippen molar-refractivity contribution in [3.63, 3.8) is 0 Å². The molecule has 0 aliphatic carbocycles.